The number of fused-ring (bicyclic) bond motifs is 1. The normalized spacial score (nSPS) is 33.3. The highest BCUT2D eigenvalue weighted by Crippen LogP contribution is 2.88. The topological polar surface area (TPSA) is 152 Å². The van der Waals surface area contributed by atoms with E-state index in [1.165, 1.54) is 0 Å². The van der Waals surface area contributed by atoms with Gasteiger partial charge in [0.2, 0.25) is 17.7 Å². The molecule has 0 aromatic rings. The van der Waals surface area contributed by atoms with Crippen LogP contribution in [0.2, 0.25) is 0 Å². The van der Waals surface area contributed by atoms with Crippen molar-refractivity contribution in [2.45, 2.75) is 142 Å². The van der Waals surface area contributed by atoms with Crippen LogP contribution in [-0.4, -0.2) is 80.2 Å². The van der Waals surface area contributed by atoms with Crippen molar-refractivity contribution in [1.29, 1.82) is 5.26 Å². The van der Waals surface area contributed by atoms with Crippen LogP contribution in [0.3, 0.4) is 0 Å². The summed E-state index contributed by atoms with van der Waals surface area (Å²) in [7, 11) is -3.08. The van der Waals surface area contributed by atoms with E-state index in [2.05, 4.69) is 47.7 Å². The zero-order valence-corrected chi connectivity index (χ0v) is 32.4. The molecule has 6 aliphatic rings. The second kappa shape index (κ2) is 12.9. The molecule has 4 saturated carbocycles. The summed E-state index contributed by atoms with van der Waals surface area (Å²) in [6.45, 7) is 15.7. The van der Waals surface area contributed by atoms with Crippen LogP contribution in [0, 0.1) is 44.3 Å². The average Bonchev–Trinajstić information content (AvgIpc) is 3.49. The molecular weight excluding hydrogens is 665 g/mol. The summed E-state index contributed by atoms with van der Waals surface area (Å²) < 4.78 is 17.9. The molecule has 0 aromatic carbocycles. The summed E-state index contributed by atoms with van der Waals surface area (Å²) >= 11 is 0. The molecule has 0 radical (unpaired) electrons. The number of amides is 4. The van der Waals surface area contributed by atoms with Gasteiger partial charge < -0.3 is 15.5 Å². The maximum absolute atomic E-state index is 14.9. The molecular formula is C39H60N6O5S. The predicted molar refractivity (Wildman–Crippen MR) is 198 cm³/mol. The number of carbonyl (C=O) groups is 4. The van der Waals surface area contributed by atoms with Gasteiger partial charge >= 0.3 is 0 Å². The first-order valence-electron chi connectivity index (χ1n) is 19.2. The molecule has 6 fully saturated rings. The number of carbonyl (C=O) groups excluding carboxylic acids is 4. The van der Waals surface area contributed by atoms with Crippen molar-refractivity contribution >= 4 is 39.4 Å². The molecule has 1 unspecified atom stereocenters. The van der Waals surface area contributed by atoms with Crippen molar-refractivity contribution in [3.8, 4) is 6.07 Å². The fourth-order valence-electron chi connectivity index (χ4n) is 10.9. The molecule has 51 heavy (non-hydrogen) atoms. The highest BCUT2D eigenvalue weighted by molar-refractivity contribution is 7.96. The lowest BCUT2D eigenvalue weighted by atomic mass is 9.69. The highest BCUT2D eigenvalue weighted by Gasteiger charge is 2.85. The van der Waals surface area contributed by atoms with Crippen molar-refractivity contribution < 1.29 is 23.4 Å². The number of rotatable bonds is 11. The van der Waals surface area contributed by atoms with Gasteiger partial charge in [-0.1, -0.05) is 66.4 Å². The van der Waals surface area contributed by atoms with Gasteiger partial charge in [0.1, 0.15) is 27.5 Å². The van der Waals surface area contributed by atoms with Crippen LogP contribution in [0.5, 0.6) is 0 Å². The molecule has 282 valence electrons. The number of nitrogens with zero attached hydrogens (tertiary/aromatic N) is 3. The van der Waals surface area contributed by atoms with Gasteiger partial charge in [-0.2, -0.15) is 5.26 Å². The molecule has 4 aliphatic carbocycles. The van der Waals surface area contributed by atoms with Crippen molar-refractivity contribution in [1.82, 2.24) is 24.6 Å². The van der Waals surface area contributed by atoms with E-state index < -0.39 is 44.7 Å². The number of hydrogen-bond donors (Lipinski definition) is 3. The van der Waals surface area contributed by atoms with Crippen molar-refractivity contribution in [3.05, 3.63) is 12.7 Å². The van der Waals surface area contributed by atoms with Gasteiger partial charge in [0.25, 0.3) is 5.91 Å². The Morgan fingerprint density at radius 2 is 1.63 bits per heavy atom. The van der Waals surface area contributed by atoms with Crippen LogP contribution < -0.4 is 15.4 Å². The Hall–Kier alpha value is -2.91. The molecule has 3 N–H and O–H groups in total. The molecule has 2 saturated heterocycles. The predicted octanol–water partition coefficient (Wildman–Crippen LogP) is 4.39. The summed E-state index contributed by atoms with van der Waals surface area (Å²) in [5, 5.41) is 15.8. The molecule has 4 amide bonds. The van der Waals surface area contributed by atoms with Crippen molar-refractivity contribution in [3.63, 3.8) is 0 Å². The molecule has 2 spiro atoms. The van der Waals surface area contributed by atoms with Gasteiger partial charge in [0.05, 0.1) is 6.07 Å². The molecule has 12 heteroatoms. The molecule has 6 atom stereocenters. The third-order valence-corrected chi connectivity index (χ3v) is 16.2. The van der Waals surface area contributed by atoms with Gasteiger partial charge in [-0.3, -0.25) is 23.9 Å². The Morgan fingerprint density at radius 3 is 2.14 bits per heavy atom. The SMILES string of the molecule is C=C[C@@H]1C[C@]1(NC(=O)[C@@H]1C[C@@]2(CN1C(=O)[C@@H](NC(=O)CC1(CC#N)CCCCC1)C(C)(C)C)C(C)(C)C21CCC1)C(=O)NS(=C)(=O)N1CCCC1. The fraction of sp³-hybridized carbons (Fsp3) is 0.795. The van der Waals surface area contributed by atoms with Crippen LogP contribution in [0.4, 0.5) is 0 Å². The van der Waals surface area contributed by atoms with E-state index >= 15 is 0 Å². The zero-order valence-electron chi connectivity index (χ0n) is 31.5. The van der Waals surface area contributed by atoms with E-state index in [1.54, 1.807) is 15.3 Å². The molecule has 11 nitrogen and oxygen atoms in total. The lowest BCUT2D eigenvalue weighted by Gasteiger charge is -2.38. The third-order valence-electron chi connectivity index (χ3n) is 14.5. The first-order chi connectivity index (χ1) is 23.8. The summed E-state index contributed by atoms with van der Waals surface area (Å²) in [5.74, 6) is 1.99. The second-order valence-electron chi connectivity index (χ2n) is 18.5. The minimum atomic E-state index is -3.08. The summed E-state index contributed by atoms with van der Waals surface area (Å²) in [6, 6.07) is 0.562. The van der Waals surface area contributed by atoms with E-state index in [0.29, 0.717) is 38.9 Å². The number of hydrogen-bond acceptors (Lipinski definition) is 6. The van der Waals surface area contributed by atoms with Gasteiger partial charge in [-0.25, -0.2) is 8.51 Å². The largest absolute Gasteiger partial charge is 0.344 e. The zero-order chi connectivity index (χ0) is 37.3. The van der Waals surface area contributed by atoms with Gasteiger partial charge in [-0.15, -0.1) is 6.58 Å². The first kappa shape index (κ1) is 37.8. The van der Waals surface area contributed by atoms with E-state index in [9.17, 15) is 28.6 Å². The van der Waals surface area contributed by atoms with Crippen LogP contribution >= 0.6 is 0 Å². The Kier molecular flexibility index (Phi) is 9.56. The smallest absolute Gasteiger partial charge is 0.258 e. The summed E-state index contributed by atoms with van der Waals surface area (Å²) in [4.78, 5) is 58.8. The molecule has 2 heterocycles. The number of nitrogens with one attached hydrogen (secondary N) is 3. The molecule has 6 rings (SSSR count). The van der Waals surface area contributed by atoms with Crippen LogP contribution in [-0.2, 0) is 29.1 Å². The highest BCUT2D eigenvalue weighted by atomic mass is 32.2. The maximum Gasteiger partial charge on any atom is 0.258 e. The van der Waals surface area contributed by atoms with E-state index in [4.69, 9.17) is 0 Å². The minimum absolute atomic E-state index is 0.0477. The maximum atomic E-state index is 14.9. The van der Waals surface area contributed by atoms with Crippen LogP contribution in [0.25, 0.3) is 0 Å². The minimum Gasteiger partial charge on any atom is -0.344 e. The molecule has 2 aliphatic heterocycles. The lowest BCUT2D eigenvalue weighted by molar-refractivity contribution is -0.145. The van der Waals surface area contributed by atoms with E-state index in [1.807, 2.05) is 20.8 Å². The third kappa shape index (κ3) is 6.12. The monoisotopic (exact) mass is 724 g/mol. The summed E-state index contributed by atoms with van der Waals surface area (Å²) in [6.07, 6.45) is 12.6. The van der Waals surface area contributed by atoms with Gasteiger partial charge in [0, 0.05) is 43.8 Å². The lowest BCUT2D eigenvalue weighted by Crippen LogP contribution is -2.60. The molecule has 0 bridgehead atoms. The quantitative estimate of drug-likeness (QED) is 0.213. The standard InChI is InChI=1S/C39H60N6O5S/c1-8-27-23-39(27,33(49)43-51(7,50)44-21-12-13-22-44)42-31(47)28-24-38(35(5,6)37(38)17-14-18-37)26-45(28)32(48)30(34(2,3)4)41-29(46)25-36(19-20-40)15-10-9-11-16-36/h8,27-28,30H,1,7,9-19,21-26H2,2-6H3,(H,41,46)(H,42,47)(H,43,49,50)/t27-,28+,30-,38-,39-,51?/m1/s1. The average molecular weight is 725 g/mol. The first-order valence-corrected chi connectivity index (χ1v) is 20.9. The van der Waals surface area contributed by atoms with Crippen LogP contribution in [0.1, 0.15) is 125 Å². The fourth-order valence-corrected chi connectivity index (χ4v) is 12.4. The Bertz CT molecular complexity index is 1610. The Balaban J connectivity index is 1.26. The number of nitriles is 1. The van der Waals surface area contributed by atoms with Gasteiger partial charge in [-0.05, 0) is 78.9 Å². The van der Waals surface area contributed by atoms with Crippen molar-refractivity contribution in [2.75, 3.05) is 19.6 Å². The van der Waals surface area contributed by atoms with E-state index in [0.717, 1.165) is 64.2 Å². The van der Waals surface area contributed by atoms with Crippen molar-refractivity contribution in [2.24, 2.45) is 33.0 Å². The van der Waals surface area contributed by atoms with Gasteiger partial charge in [0.15, 0.2) is 0 Å². The Morgan fingerprint density at radius 1 is 0.980 bits per heavy atom. The Labute approximate surface area is 305 Å². The van der Waals surface area contributed by atoms with Crippen LogP contribution in [0.15, 0.2) is 12.7 Å². The molecule has 0 aromatic heterocycles. The summed E-state index contributed by atoms with van der Waals surface area (Å²) in [5.41, 5.74) is -2.67. The second-order valence-corrected chi connectivity index (χ2v) is 20.5. The van der Waals surface area contributed by atoms with E-state index in [-0.39, 0.29) is 45.8 Å². The number of likely N-dealkylation sites (tertiary alicyclic amines) is 1.